The van der Waals surface area contributed by atoms with E-state index in [1.807, 2.05) is 0 Å². The molecule has 1 aromatic rings. The van der Waals surface area contributed by atoms with Gasteiger partial charge < -0.3 is 9.84 Å². The average molecular weight is 196 g/mol. The monoisotopic (exact) mass is 196 g/mol. The largest absolute Gasteiger partial charge is 0.494 e. The molecule has 1 aromatic carbocycles. The molecule has 0 amide bonds. The zero-order valence-electron chi connectivity index (χ0n) is 8.09. The van der Waals surface area contributed by atoms with Gasteiger partial charge in [0.2, 0.25) is 0 Å². The number of benzene rings is 1. The molecule has 1 saturated carbocycles. The smallest absolute Gasteiger partial charge is 0.165 e. The van der Waals surface area contributed by atoms with E-state index in [9.17, 15) is 9.50 Å². The molecule has 14 heavy (non-hydrogen) atoms. The second kappa shape index (κ2) is 3.24. The zero-order chi connectivity index (χ0) is 10.2. The Labute approximate surface area is 82.3 Å². The lowest BCUT2D eigenvalue weighted by molar-refractivity contribution is 0.151. The first-order chi connectivity index (χ1) is 6.63. The summed E-state index contributed by atoms with van der Waals surface area (Å²) in [5.41, 5.74) is 0.254. The van der Waals surface area contributed by atoms with Crippen molar-refractivity contribution >= 4 is 0 Å². The van der Waals surface area contributed by atoms with Gasteiger partial charge in [-0.1, -0.05) is 6.07 Å². The molecule has 2 rings (SSSR count). The van der Waals surface area contributed by atoms with E-state index in [4.69, 9.17) is 4.74 Å². The fourth-order valence-corrected chi connectivity index (χ4v) is 1.52. The topological polar surface area (TPSA) is 29.5 Å². The van der Waals surface area contributed by atoms with Gasteiger partial charge in [0.15, 0.2) is 11.6 Å². The summed E-state index contributed by atoms with van der Waals surface area (Å²) in [7, 11) is 1.44. The highest BCUT2D eigenvalue weighted by molar-refractivity contribution is 5.30. The summed E-state index contributed by atoms with van der Waals surface area (Å²) >= 11 is 0. The van der Waals surface area contributed by atoms with Crippen LogP contribution in [0.3, 0.4) is 0 Å². The molecule has 1 aliphatic carbocycles. The number of methoxy groups -OCH3 is 1. The van der Waals surface area contributed by atoms with Gasteiger partial charge in [0.25, 0.3) is 0 Å². The van der Waals surface area contributed by atoms with Gasteiger partial charge in [-0.3, -0.25) is 0 Å². The van der Waals surface area contributed by atoms with E-state index in [1.165, 1.54) is 13.2 Å². The highest BCUT2D eigenvalue weighted by atomic mass is 19.1. The first kappa shape index (κ1) is 9.46. The van der Waals surface area contributed by atoms with Crippen LogP contribution in [0.2, 0.25) is 0 Å². The van der Waals surface area contributed by atoms with Gasteiger partial charge in [-0.05, 0) is 30.5 Å². The highest BCUT2D eigenvalue weighted by Crippen LogP contribution is 2.38. The minimum absolute atomic E-state index is 0.247. The molecule has 0 heterocycles. The van der Waals surface area contributed by atoms with Crippen LogP contribution in [0.15, 0.2) is 18.2 Å². The first-order valence-electron chi connectivity index (χ1n) is 4.68. The molecule has 0 unspecified atom stereocenters. The zero-order valence-corrected chi connectivity index (χ0v) is 8.09. The van der Waals surface area contributed by atoms with Crippen LogP contribution in [-0.2, 0) is 6.42 Å². The van der Waals surface area contributed by atoms with Crippen molar-refractivity contribution in [1.29, 1.82) is 0 Å². The summed E-state index contributed by atoms with van der Waals surface area (Å²) in [6.07, 6.45) is 2.18. The van der Waals surface area contributed by atoms with Gasteiger partial charge in [0.05, 0.1) is 12.7 Å². The van der Waals surface area contributed by atoms with Gasteiger partial charge in [0, 0.05) is 6.42 Å². The van der Waals surface area contributed by atoms with Crippen LogP contribution >= 0.6 is 0 Å². The molecular formula is C11H13FO2. The van der Waals surface area contributed by atoms with E-state index in [1.54, 1.807) is 12.1 Å². The molecule has 0 aliphatic heterocycles. The van der Waals surface area contributed by atoms with E-state index in [0.717, 1.165) is 18.4 Å². The van der Waals surface area contributed by atoms with Crippen molar-refractivity contribution in [2.24, 2.45) is 0 Å². The van der Waals surface area contributed by atoms with Crippen molar-refractivity contribution in [3.05, 3.63) is 29.6 Å². The van der Waals surface area contributed by atoms with E-state index in [0.29, 0.717) is 6.42 Å². The molecule has 0 atom stereocenters. The summed E-state index contributed by atoms with van der Waals surface area (Å²) in [5, 5.41) is 9.65. The minimum Gasteiger partial charge on any atom is -0.494 e. The summed E-state index contributed by atoms with van der Waals surface area (Å²) in [6.45, 7) is 0. The van der Waals surface area contributed by atoms with Crippen molar-refractivity contribution in [2.75, 3.05) is 7.11 Å². The molecule has 0 spiro atoms. The summed E-state index contributed by atoms with van der Waals surface area (Å²) in [5.74, 6) is -0.120. The third kappa shape index (κ3) is 1.87. The van der Waals surface area contributed by atoms with Crippen LogP contribution in [0, 0.1) is 5.82 Å². The Kier molecular flexibility index (Phi) is 2.19. The number of halogens is 1. The molecule has 76 valence electrons. The summed E-state index contributed by atoms with van der Waals surface area (Å²) in [4.78, 5) is 0. The van der Waals surface area contributed by atoms with Gasteiger partial charge in [0.1, 0.15) is 0 Å². The van der Waals surface area contributed by atoms with Crippen LogP contribution in [-0.4, -0.2) is 17.8 Å². The number of rotatable bonds is 3. The summed E-state index contributed by atoms with van der Waals surface area (Å²) in [6, 6.07) is 4.81. The van der Waals surface area contributed by atoms with Gasteiger partial charge >= 0.3 is 0 Å². The number of aliphatic hydroxyl groups is 1. The van der Waals surface area contributed by atoms with Crippen LogP contribution < -0.4 is 4.74 Å². The first-order valence-corrected chi connectivity index (χ1v) is 4.68. The van der Waals surface area contributed by atoms with Crippen molar-refractivity contribution < 1.29 is 14.2 Å². The van der Waals surface area contributed by atoms with E-state index in [-0.39, 0.29) is 11.6 Å². The highest BCUT2D eigenvalue weighted by Gasteiger charge is 2.40. The number of hydrogen-bond donors (Lipinski definition) is 1. The van der Waals surface area contributed by atoms with Crippen molar-refractivity contribution in [3.8, 4) is 5.75 Å². The second-order valence-corrected chi connectivity index (χ2v) is 3.87. The average Bonchev–Trinajstić information content (AvgIpc) is 2.84. The molecule has 1 aliphatic rings. The maximum atomic E-state index is 13.2. The van der Waals surface area contributed by atoms with Crippen molar-refractivity contribution in [2.45, 2.75) is 24.9 Å². The third-order valence-corrected chi connectivity index (χ3v) is 2.58. The summed E-state index contributed by atoms with van der Waals surface area (Å²) < 4.78 is 18.0. The lowest BCUT2D eigenvalue weighted by Gasteiger charge is -2.08. The Bertz CT molecular complexity index is 345. The van der Waals surface area contributed by atoms with Gasteiger partial charge in [-0.15, -0.1) is 0 Å². The van der Waals surface area contributed by atoms with Crippen LogP contribution in [0.25, 0.3) is 0 Å². The molecule has 0 bridgehead atoms. The fraction of sp³-hybridized carbons (Fsp3) is 0.455. The quantitative estimate of drug-likeness (QED) is 0.800. The lowest BCUT2D eigenvalue weighted by Crippen LogP contribution is -2.10. The Hall–Kier alpha value is -1.09. The molecule has 1 fully saturated rings. The second-order valence-electron chi connectivity index (χ2n) is 3.87. The molecule has 1 N–H and O–H groups in total. The predicted molar refractivity (Wildman–Crippen MR) is 50.8 cm³/mol. The Balaban J connectivity index is 2.15. The van der Waals surface area contributed by atoms with Crippen LogP contribution in [0.1, 0.15) is 18.4 Å². The van der Waals surface area contributed by atoms with Crippen molar-refractivity contribution in [3.63, 3.8) is 0 Å². The standard InChI is InChI=1S/C11H13FO2/c1-14-10-3-2-8(6-9(10)12)7-11(13)4-5-11/h2-3,6,13H,4-5,7H2,1H3. The fourth-order valence-electron chi connectivity index (χ4n) is 1.52. The third-order valence-electron chi connectivity index (χ3n) is 2.58. The molecule has 0 aromatic heterocycles. The van der Waals surface area contributed by atoms with Crippen LogP contribution in [0.5, 0.6) is 5.75 Å². The molecule has 0 saturated heterocycles. The van der Waals surface area contributed by atoms with E-state index < -0.39 is 5.60 Å². The molecule has 3 heteroatoms. The Morgan fingerprint density at radius 2 is 2.21 bits per heavy atom. The maximum Gasteiger partial charge on any atom is 0.165 e. The Morgan fingerprint density at radius 3 is 2.71 bits per heavy atom. The SMILES string of the molecule is COc1ccc(CC2(O)CC2)cc1F. The molecular weight excluding hydrogens is 183 g/mol. The van der Waals surface area contributed by atoms with Crippen LogP contribution in [0.4, 0.5) is 4.39 Å². The van der Waals surface area contributed by atoms with E-state index >= 15 is 0 Å². The van der Waals surface area contributed by atoms with Gasteiger partial charge in [-0.2, -0.15) is 0 Å². The lowest BCUT2D eigenvalue weighted by atomic mass is 10.1. The predicted octanol–water partition coefficient (Wildman–Crippen LogP) is 1.90. The maximum absolute atomic E-state index is 13.2. The minimum atomic E-state index is -0.568. The van der Waals surface area contributed by atoms with E-state index in [2.05, 4.69) is 0 Å². The van der Waals surface area contributed by atoms with Gasteiger partial charge in [-0.25, -0.2) is 4.39 Å². The van der Waals surface area contributed by atoms with Crippen molar-refractivity contribution in [1.82, 2.24) is 0 Å². The number of hydrogen-bond acceptors (Lipinski definition) is 2. The normalized spacial score (nSPS) is 17.9. The molecule has 2 nitrogen and oxygen atoms in total. The number of ether oxygens (including phenoxy) is 1. The molecule has 0 radical (unpaired) electrons. The Morgan fingerprint density at radius 1 is 1.50 bits per heavy atom.